The fourth-order valence-electron chi connectivity index (χ4n) is 3.90. The molecule has 1 aliphatic rings. The van der Waals surface area contributed by atoms with Gasteiger partial charge in [-0.25, -0.2) is 9.31 Å². The number of rotatable bonds is 4. The molecule has 32 heavy (non-hydrogen) atoms. The van der Waals surface area contributed by atoms with E-state index in [2.05, 4.69) is 25.5 Å². The van der Waals surface area contributed by atoms with Gasteiger partial charge in [0, 0.05) is 17.5 Å². The lowest BCUT2D eigenvalue weighted by atomic mass is 9.94. The molecule has 1 saturated heterocycles. The van der Waals surface area contributed by atoms with Gasteiger partial charge >= 0.3 is 5.97 Å². The molecule has 1 fully saturated rings. The predicted molar refractivity (Wildman–Crippen MR) is 118 cm³/mol. The Morgan fingerprint density at radius 3 is 2.69 bits per heavy atom. The Labute approximate surface area is 188 Å². The number of piperidine rings is 1. The van der Waals surface area contributed by atoms with E-state index >= 15 is 0 Å². The number of aromatic amines is 1. The molecule has 5 rings (SSSR count). The summed E-state index contributed by atoms with van der Waals surface area (Å²) in [6, 6.07) is 8.31. The van der Waals surface area contributed by atoms with Gasteiger partial charge in [0.25, 0.3) is 11.4 Å². The van der Waals surface area contributed by atoms with Crippen molar-refractivity contribution in [1.82, 2.24) is 30.1 Å². The van der Waals surface area contributed by atoms with Gasteiger partial charge in [0.15, 0.2) is 0 Å². The molecular formula is C21H21ClN6O4. The molecule has 4 heterocycles. The highest BCUT2D eigenvalue weighted by molar-refractivity contribution is 5.89. The number of H-pyrrole nitrogens is 1. The van der Waals surface area contributed by atoms with Crippen molar-refractivity contribution in [3.8, 4) is 22.8 Å². The lowest BCUT2D eigenvalue weighted by Gasteiger charge is -2.23. The maximum absolute atomic E-state index is 12.4. The number of nitrogens with one attached hydrogen (secondary N) is 2. The summed E-state index contributed by atoms with van der Waals surface area (Å²) in [5.74, 6) is 0.452. The second kappa shape index (κ2) is 8.93. The van der Waals surface area contributed by atoms with Crippen LogP contribution in [0.1, 0.15) is 34.8 Å². The summed E-state index contributed by atoms with van der Waals surface area (Å²) in [5.41, 5.74) is 2.88. The summed E-state index contributed by atoms with van der Waals surface area (Å²) in [7, 11) is 1.33. The van der Waals surface area contributed by atoms with Gasteiger partial charge in [-0.3, -0.25) is 4.79 Å². The summed E-state index contributed by atoms with van der Waals surface area (Å²) < 4.78 is 11.9. The maximum atomic E-state index is 12.4. The van der Waals surface area contributed by atoms with Crippen molar-refractivity contribution in [2.45, 2.75) is 18.8 Å². The van der Waals surface area contributed by atoms with Gasteiger partial charge in [-0.2, -0.15) is 10.1 Å². The Balaban J connectivity index is 0.00000245. The van der Waals surface area contributed by atoms with Crippen LogP contribution in [0, 0.1) is 0 Å². The minimum absolute atomic E-state index is 0. The van der Waals surface area contributed by atoms with Crippen LogP contribution in [0.3, 0.4) is 0 Å². The SMILES string of the molecule is COC(=O)c1ccc(-c2noc(-c3cnn4c(C5CCNCC5)cc(=O)[nH]c34)n2)cc1.Cl. The normalized spacial score (nSPS) is 14.3. The zero-order valence-electron chi connectivity index (χ0n) is 17.2. The van der Waals surface area contributed by atoms with Crippen molar-refractivity contribution in [3.63, 3.8) is 0 Å². The molecule has 0 amide bonds. The average molecular weight is 457 g/mol. The molecule has 3 aromatic heterocycles. The molecule has 0 bridgehead atoms. The number of esters is 1. The molecule has 0 radical (unpaired) electrons. The standard InChI is InChI=1S/C21H20N6O4.ClH/c1-30-21(29)14-4-2-13(3-5-14)18-25-20(31-26-18)15-11-23-27-16(10-17(28)24-19(15)27)12-6-8-22-9-7-12;/h2-5,10-12,22H,6-9H2,1H3,(H,24,28);1H. The Morgan fingerprint density at radius 2 is 1.97 bits per heavy atom. The van der Waals surface area contributed by atoms with E-state index in [1.165, 1.54) is 7.11 Å². The van der Waals surface area contributed by atoms with E-state index in [0.29, 0.717) is 28.2 Å². The highest BCUT2D eigenvalue weighted by Gasteiger charge is 2.22. The van der Waals surface area contributed by atoms with E-state index in [1.54, 1.807) is 41.0 Å². The number of carbonyl (C=O) groups is 1. The Kier molecular flexibility index (Phi) is 6.06. The van der Waals surface area contributed by atoms with E-state index < -0.39 is 5.97 Å². The van der Waals surface area contributed by atoms with Crippen LogP contribution in [-0.4, -0.2) is 50.9 Å². The highest BCUT2D eigenvalue weighted by Crippen LogP contribution is 2.28. The first kappa shape index (κ1) is 21.7. The molecule has 0 atom stereocenters. The fourth-order valence-corrected chi connectivity index (χ4v) is 3.90. The number of fused-ring (bicyclic) bond motifs is 1. The lowest BCUT2D eigenvalue weighted by Crippen LogP contribution is -2.28. The summed E-state index contributed by atoms with van der Waals surface area (Å²) in [5, 5.41) is 11.9. The predicted octanol–water partition coefficient (Wildman–Crippen LogP) is 2.42. The third-order valence-electron chi connectivity index (χ3n) is 5.51. The molecule has 11 heteroatoms. The minimum Gasteiger partial charge on any atom is -0.465 e. The molecule has 0 saturated carbocycles. The van der Waals surface area contributed by atoms with Crippen LogP contribution in [-0.2, 0) is 4.74 Å². The Bertz CT molecular complexity index is 1300. The van der Waals surface area contributed by atoms with Crippen molar-refractivity contribution >= 4 is 24.0 Å². The van der Waals surface area contributed by atoms with Crippen LogP contribution in [0.4, 0.5) is 0 Å². The van der Waals surface area contributed by atoms with Gasteiger partial charge < -0.3 is 19.6 Å². The molecule has 4 aromatic rings. The van der Waals surface area contributed by atoms with Crippen LogP contribution in [0.15, 0.2) is 45.8 Å². The number of hydrogen-bond donors (Lipinski definition) is 2. The minimum atomic E-state index is -0.416. The molecular weight excluding hydrogens is 436 g/mol. The maximum Gasteiger partial charge on any atom is 0.337 e. The lowest BCUT2D eigenvalue weighted by molar-refractivity contribution is 0.0600. The van der Waals surface area contributed by atoms with Crippen LogP contribution in [0.5, 0.6) is 0 Å². The van der Waals surface area contributed by atoms with Crippen molar-refractivity contribution in [1.29, 1.82) is 0 Å². The fraction of sp³-hybridized carbons (Fsp3) is 0.286. The van der Waals surface area contributed by atoms with Gasteiger partial charge in [0.05, 0.1) is 24.6 Å². The third kappa shape index (κ3) is 3.90. The number of aromatic nitrogens is 5. The van der Waals surface area contributed by atoms with Gasteiger partial charge in [-0.1, -0.05) is 17.3 Å². The first-order chi connectivity index (χ1) is 15.1. The molecule has 166 valence electrons. The third-order valence-corrected chi connectivity index (χ3v) is 5.51. The number of methoxy groups -OCH3 is 1. The molecule has 0 aliphatic carbocycles. The Morgan fingerprint density at radius 1 is 1.22 bits per heavy atom. The van der Waals surface area contributed by atoms with Gasteiger partial charge in [0.1, 0.15) is 11.2 Å². The first-order valence-electron chi connectivity index (χ1n) is 9.98. The van der Waals surface area contributed by atoms with E-state index in [-0.39, 0.29) is 29.8 Å². The monoisotopic (exact) mass is 456 g/mol. The second-order valence-electron chi connectivity index (χ2n) is 7.39. The topological polar surface area (TPSA) is 127 Å². The second-order valence-corrected chi connectivity index (χ2v) is 7.39. The smallest absolute Gasteiger partial charge is 0.337 e. The summed E-state index contributed by atoms with van der Waals surface area (Å²) >= 11 is 0. The molecule has 0 unspecified atom stereocenters. The summed E-state index contributed by atoms with van der Waals surface area (Å²) in [4.78, 5) is 31.3. The number of benzene rings is 1. The molecule has 2 N–H and O–H groups in total. The zero-order valence-corrected chi connectivity index (χ0v) is 18.0. The van der Waals surface area contributed by atoms with E-state index in [4.69, 9.17) is 9.26 Å². The zero-order chi connectivity index (χ0) is 21.4. The molecule has 0 spiro atoms. The van der Waals surface area contributed by atoms with Gasteiger partial charge in [0.2, 0.25) is 5.82 Å². The number of hydrogen-bond acceptors (Lipinski definition) is 8. The van der Waals surface area contributed by atoms with Crippen molar-refractivity contribution in [3.05, 3.63) is 58.1 Å². The van der Waals surface area contributed by atoms with Crippen LogP contribution < -0.4 is 10.9 Å². The summed E-state index contributed by atoms with van der Waals surface area (Å²) in [6.07, 6.45) is 3.51. The Hall–Kier alpha value is -3.50. The van der Waals surface area contributed by atoms with Crippen molar-refractivity contribution in [2.24, 2.45) is 0 Å². The molecule has 1 aromatic carbocycles. The molecule has 1 aliphatic heterocycles. The van der Waals surface area contributed by atoms with E-state index in [1.807, 2.05) is 0 Å². The number of nitrogens with zero attached hydrogens (tertiary/aromatic N) is 4. The molecule has 10 nitrogen and oxygen atoms in total. The van der Waals surface area contributed by atoms with Gasteiger partial charge in [-0.05, 0) is 38.1 Å². The van der Waals surface area contributed by atoms with Gasteiger partial charge in [-0.15, -0.1) is 12.4 Å². The largest absolute Gasteiger partial charge is 0.465 e. The number of carbonyl (C=O) groups excluding carboxylic acids is 1. The van der Waals surface area contributed by atoms with Crippen LogP contribution in [0.25, 0.3) is 28.5 Å². The van der Waals surface area contributed by atoms with Crippen LogP contribution in [0.2, 0.25) is 0 Å². The average Bonchev–Trinajstić information content (AvgIpc) is 3.46. The van der Waals surface area contributed by atoms with Crippen molar-refractivity contribution in [2.75, 3.05) is 20.2 Å². The number of ether oxygens (including phenoxy) is 1. The first-order valence-corrected chi connectivity index (χ1v) is 9.98. The van der Waals surface area contributed by atoms with Crippen molar-refractivity contribution < 1.29 is 14.1 Å². The van der Waals surface area contributed by atoms with E-state index in [9.17, 15) is 9.59 Å². The van der Waals surface area contributed by atoms with Crippen LogP contribution >= 0.6 is 12.4 Å². The highest BCUT2D eigenvalue weighted by atomic mass is 35.5. The summed E-state index contributed by atoms with van der Waals surface area (Å²) in [6.45, 7) is 1.82. The number of halogens is 1. The quantitative estimate of drug-likeness (QED) is 0.448. The van der Waals surface area contributed by atoms with E-state index in [0.717, 1.165) is 31.6 Å².